The fourth-order valence-corrected chi connectivity index (χ4v) is 2.56. The second-order valence-corrected chi connectivity index (χ2v) is 5.34. The van der Waals surface area contributed by atoms with Crippen LogP contribution in [-0.2, 0) is 11.2 Å². The molecule has 0 radical (unpaired) electrons. The fraction of sp³-hybridized carbons (Fsp3) is 0.111. The second kappa shape index (κ2) is 6.36. The van der Waals surface area contributed by atoms with Crippen molar-refractivity contribution in [3.63, 3.8) is 0 Å². The van der Waals surface area contributed by atoms with Gasteiger partial charge in [0.1, 0.15) is 0 Å². The Kier molecular flexibility index (Phi) is 4.10. The average molecular weight is 307 g/mol. The van der Waals surface area contributed by atoms with Crippen LogP contribution in [0.5, 0.6) is 0 Å². The molecule has 0 aliphatic heterocycles. The Morgan fingerprint density at radius 1 is 1.30 bits per heavy atom. The molecule has 116 valence electrons. The number of fused-ring (bicyclic) bond motifs is 1. The Morgan fingerprint density at radius 2 is 2.17 bits per heavy atom. The Balaban J connectivity index is 1.70. The van der Waals surface area contributed by atoms with E-state index in [0.29, 0.717) is 11.3 Å². The number of amides is 2. The number of anilines is 1. The molecule has 1 aliphatic carbocycles. The Bertz CT molecular complexity index is 815. The van der Waals surface area contributed by atoms with Crippen LogP contribution in [-0.4, -0.2) is 16.8 Å². The van der Waals surface area contributed by atoms with E-state index >= 15 is 0 Å². The molecule has 3 rings (SSSR count). The summed E-state index contributed by atoms with van der Waals surface area (Å²) >= 11 is 0. The van der Waals surface area contributed by atoms with Crippen LogP contribution >= 0.6 is 0 Å². The third-order valence-electron chi connectivity index (χ3n) is 3.71. The summed E-state index contributed by atoms with van der Waals surface area (Å²) < 4.78 is 0. The number of aromatic amines is 1. The van der Waals surface area contributed by atoms with Crippen molar-refractivity contribution in [3.8, 4) is 0 Å². The van der Waals surface area contributed by atoms with Crippen LogP contribution in [0.2, 0.25) is 0 Å². The third kappa shape index (κ3) is 3.40. The van der Waals surface area contributed by atoms with Crippen LogP contribution in [0.25, 0.3) is 12.2 Å². The number of aromatic nitrogens is 1. The predicted molar refractivity (Wildman–Crippen MR) is 90.8 cm³/mol. The highest BCUT2D eigenvalue weighted by Gasteiger charge is 2.09. The van der Waals surface area contributed by atoms with Crippen molar-refractivity contribution < 1.29 is 9.59 Å². The van der Waals surface area contributed by atoms with Gasteiger partial charge in [-0.2, -0.15) is 0 Å². The first-order chi connectivity index (χ1) is 11.1. The molecule has 1 aromatic heterocycles. The lowest BCUT2D eigenvalue weighted by atomic mass is 10.0. The molecular formula is C18H17N3O2. The number of nitrogens with one attached hydrogen (secondary N) is 2. The number of allylic oxidation sites excluding steroid dienone is 1. The van der Waals surface area contributed by atoms with Gasteiger partial charge >= 0.3 is 0 Å². The second-order valence-electron chi connectivity index (χ2n) is 5.34. The van der Waals surface area contributed by atoms with Gasteiger partial charge in [0.05, 0.1) is 0 Å². The zero-order valence-corrected chi connectivity index (χ0v) is 12.5. The normalized spacial score (nSPS) is 13.0. The molecule has 2 aromatic rings. The van der Waals surface area contributed by atoms with E-state index in [-0.39, 0.29) is 5.91 Å². The molecule has 4 N–H and O–H groups in total. The number of H-pyrrole nitrogens is 1. The average Bonchev–Trinajstić information content (AvgIpc) is 2.96. The minimum Gasteiger partial charge on any atom is -0.366 e. The highest BCUT2D eigenvalue weighted by molar-refractivity contribution is 6.03. The quantitative estimate of drug-likeness (QED) is 0.758. The molecule has 1 aromatic carbocycles. The summed E-state index contributed by atoms with van der Waals surface area (Å²) in [6.45, 7) is 0. The highest BCUT2D eigenvalue weighted by atomic mass is 16.1. The van der Waals surface area contributed by atoms with E-state index in [0.717, 1.165) is 24.0 Å². The first kappa shape index (κ1) is 14.8. The molecule has 0 saturated heterocycles. The number of hydrogen-bond acceptors (Lipinski definition) is 2. The Labute approximate surface area is 133 Å². The summed E-state index contributed by atoms with van der Waals surface area (Å²) in [5.74, 6) is -0.788. The lowest BCUT2D eigenvalue weighted by Gasteiger charge is -2.05. The molecule has 0 spiro atoms. The van der Waals surface area contributed by atoms with Crippen LogP contribution in [0.4, 0.5) is 5.69 Å². The first-order valence-electron chi connectivity index (χ1n) is 7.39. The largest absolute Gasteiger partial charge is 0.366 e. The molecule has 0 bridgehead atoms. The van der Waals surface area contributed by atoms with Crippen molar-refractivity contribution in [1.82, 2.24) is 4.98 Å². The summed E-state index contributed by atoms with van der Waals surface area (Å²) in [6.07, 6.45) is 11.4. The number of nitrogens with two attached hydrogens (primary N) is 1. The number of hydrogen-bond donors (Lipinski definition) is 3. The molecule has 0 saturated carbocycles. The first-order valence-corrected chi connectivity index (χ1v) is 7.39. The van der Waals surface area contributed by atoms with Crippen molar-refractivity contribution in [1.29, 1.82) is 0 Å². The van der Waals surface area contributed by atoms with Crippen molar-refractivity contribution in [2.24, 2.45) is 5.73 Å². The predicted octanol–water partition coefficient (Wildman–Crippen LogP) is 2.72. The molecule has 5 heteroatoms. The molecule has 0 unspecified atom stereocenters. The maximum absolute atomic E-state index is 12.0. The Hall–Kier alpha value is -3.08. The van der Waals surface area contributed by atoms with E-state index in [4.69, 9.17) is 5.73 Å². The lowest BCUT2D eigenvalue weighted by molar-refractivity contribution is -0.111. The van der Waals surface area contributed by atoms with Gasteiger partial charge in [0.15, 0.2) is 0 Å². The smallest absolute Gasteiger partial charge is 0.248 e. The third-order valence-corrected chi connectivity index (χ3v) is 3.71. The number of primary amides is 1. The fourth-order valence-electron chi connectivity index (χ4n) is 2.56. The zero-order valence-electron chi connectivity index (χ0n) is 12.5. The summed E-state index contributed by atoms with van der Waals surface area (Å²) in [5.41, 5.74) is 9.43. The van der Waals surface area contributed by atoms with Gasteiger partial charge in [0.2, 0.25) is 11.8 Å². The van der Waals surface area contributed by atoms with E-state index in [1.165, 1.54) is 11.8 Å². The van der Waals surface area contributed by atoms with Gasteiger partial charge in [-0.1, -0.05) is 18.2 Å². The van der Waals surface area contributed by atoms with E-state index < -0.39 is 5.91 Å². The van der Waals surface area contributed by atoms with Gasteiger partial charge in [-0.05, 0) is 42.7 Å². The van der Waals surface area contributed by atoms with Crippen molar-refractivity contribution >= 4 is 29.7 Å². The summed E-state index contributed by atoms with van der Waals surface area (Å²) in [7, 11) is 0. The van der Waals surface area contributed by atoms with Crippen molar-refractivity contribution in [2.75, 3.05) is 5.32 Å². The molecule has 0 fully saturated rings. The van der Waals surface area contributed by atoms with Crippen LogP contribution in [0.15, 0.2) is 42.6 Å². The lowest BCUT2D eigenvalue weighted by Crippen LogP contribution is -2.12. The van der Waals surface area contributed by atoms with Crippen LogP contribution in [0.1, 0.15) is 33.6 Å². The van der Waals surface area contributed by atoms with Gasteiger partial charge in [0.25, 0.3) is 0 Å². The highest BCUT2D eigenvalue weighted by Crippen LogP contribution is 2.23. The maximum atomic E-state index is 12.0. The van der Waals surface area contributed by atoms with Gasteiger partial charge in [-0.25, -0.2) is 0 Å². The number of benzene rings is 1. The molecule has 1 heterocycles. The van der Waals surface area contributed by atoms with Gasteiger partial charge < -0.3 is 16.0 Å². The van der Waals surface area contributed by atoms with E-state index in [1.807, 2.05) is 6.20 Å². The minimum absolute atomic E-state index is 0.263. The van der Waals surface area contributed by atoms with Crippen molar-refractivity contribution in [2.45, 2.75) is 12.8 Å². The van der Waals surface area contributed by atoms with Crippen LogP contribution < -0.4 is 11.1 Å². The number of carbonyl (C=O) groups excluding carboxylic acids is 2. The molecule has 1 aliphatic rings. The van der Waals surface area contributed by atoms with Gasteiger partial charge in [0, 0.05) is 34.8 Å². The maximum Gasteiger partial charge on any atom is 0.248 e. The van der Waals surface area contributed by atoms with E-state index in [1.54, 1.807) is 30.3 Å². The van der Waals surface area contributed by atoms with E-state index in [9.17, 15) is 9.59 Å². The van der Waals surface area contributed by atoms with Gasteiger partial charge in [-0.3, -0.25) is 9.59 Å². The minimum atomic E-state index is -0.526. The summed E-state index contributed by atoms with van der Waals surface area (Å²) in [4.78, 5) is 26.4. The topological polar surface area (TPSA) is 88.0 Å². The number of rotatable bonds is 4. The van der Waals surface area contributed by atoms with Crippen molar-refractivity contribution in [3.05, 3.63) is 65.0 Å². The monoisotopic (exact) mass is 307 g/mol. The molecule has 0 atom stereocenters. The van der Waals surface area contributed by atoms with E-state index in [2.05, 4.69) is 22.5 Å². The standard InChI is InChI=1S/C18H17N3O2/c19-18(23)12-4-3-5-14(10-12)21-17(22)9-8-13-11-20-16-7-2-1-6-15(13)16/h1,3-6,8-11,20H,2,7H2,(H2,19,23)(H,21,22). The van der Waals surface area contributed by atoms with Gasteiger partial charge in [-0.15, -0.1) is 0 Å². The number of aryl methyl sites for hydroxylation is 1. The Morgan fingerprint density at radius 3 is 3.00 bits per heavy atom. The molecule has 23 heavy (non-hydrogen) atoms. The molecular weight excluding hydrogens is 290 g/mol. The number of carbonyl (C=O) groups is 2. The summed E-state index contributed by atoms with van der Waals surface area (Å²) in [6, 6.07) is 6.53. The summed E-state index contributed by atoms with van der Waals surface area (Å²) in [5, 5.41) is 2.72. The molecule has 2 amide bonds. The van der Waals surface area contributed by atoms with Crippen LogP contribution in [0.3, 0.4) is 0 Å². The molecule has 5 nitrogen and oxygen atoms in total. The SMILES string of the molecule is NC(=O)c1cccc(NC(=O)C=Cc2c[nH]c3c2C=CCC3)c1. The zero-order chi connectivity index (χ0) is 16.2. The van der Waals surface area contributed by atoms with Crippen LogP contribution in [0, 0.1) is 0 Å².